The number of carbonyl (C=O) groups is 3. The number of hydrogen-bond acceptors (Lipinski definition) is 9. The molecule has 2 heterocycles. The van der Waals surface area contributed by atoms with E-state index in [1.165, 1.54) is 23.1 Å². The van der Waals surface area contributed by atoms with E-state index in [1.54, 1.807) is 41.8 Å². The highest BCUT2D eigenvalue weighted by Gasteiger charge is 2.28. The molecule has 0 radical (unpaired) electrons. The lowest BCUT2D eigenvalue weighted by Crippen LogP contribution is -2.29. The van der Waals surface area contributed by atoms with Crippen molar-refractivity contribution in [1.82, 2.24) is 20.1 Å². The van der Waals surface area contributed by atoms with E-state index < -0.39 is 5.97 Å². The molecule has 0 aliphatic heterocycles. The number of aryl methyl sites for hydroxylation is 1. The van der Waals surface area contributed by atoms with Crippen molar-refractivity contribution in [3.63, 3.8) is 0 Å². The quantitative estimate of drug-likeness (QED) is 0.165. The summed E-state index contributed by atoms with van der Waals surface area (Å²) in [6.07, 6.45) is 2.67. The first kappa shape index (κ1) is 29.6. The molecule has 0 spiro atoms. The normalized spacial score (nSPS) is 12.0. The summed E-state index contributed by atoms with van der Waals surface area (Å²) < 4.78 is 12.5. The number of thiophene rings is 1. The lowest BCUT2D eigenvalue weighted by molar-refractivity contribution is -0.123. The van der Waals surface area contributed by atoms with Crippen LogP contribution in [0.5, 0.6) is 5.75 Å². The van der Waals surface area contributed by atoms with Crippen LogP contribution in [0.3, 0.4) is 0 Å². The van der Waals surface area contributed by atoms with E-state index in [4.69, 9.17) is 21.1 Å². The van der Waals surface area contributed by atoms with Crippen LogP contribution in [0, 0.1) is 0 Å². The van der Waals surface area contributed by atoms with Gasteiger partial charge in [0.05, 0.1) is 30.2 Å². The highest BCUT2D eigenvalue weighted by Crippen LogP contribution is 2.39. The molecule has 4 aromatic rings. The van der Waals surface area contributed by atoms with Crippen LogP contribution >= 0.6 is 34.7 Å². The van der Waals surface area contributed by atoms with Crippen LogP contribution in [0.4, 0.5) is 5.00 Å². The molecule has 13 heteroatoms. The van der Waals surface area contributed by atoms with E-state index in [9.17, 15) is 14.4 Å². The fourth-order valence-corrected chi connectivity index (χ4v) is 6.73. The van der Waals surface area contributed by atoms with Gasteiger partial charge in [-0.05, 0) is 62.1 Å². The van der Waals surface area contributed by atoms with E-state index in [-0.39, 0.29) is 37.3 Å². The Morgan fingerprint density at radius 3 is 2.69 bits per heavy atom. The zero-order chi connectivity index (χ0) is 29.5. The minimum absolute atomic E-state index is 0.0147. The summed E-state index contributed by atoms with van der Waals surface area (Å²) in [5, 5.41) is 15.7. The average molecular weight is 626 g/mol. The van der Waals surface area contributed by atoms with Gasteiger partial charge in [0.1, 0.15) is 10.8 Å². The van der Waals surface area contributed by atoms with Gasteiger partial charge in [0.2, 0.25) is 5.91 Å². The summed E-state index contributed by atoms with van der Waals surface area (Å²) in [6, 6.07) is 16.2. The predicted octanol–water partition coefficient (Wildman–Crippen LogP) is 5.07. The Bertz CT molecular complexity index is 1590. The third-order valence-electron chi connectivity index (χ3n) is 6.31. The Kier molecular flexibility index (Phi) is 9.78. The molecule has 1 aliphatic carbocycles. The number of aromatic nitrogens is 3. The van der Waals surface area contributed by atoms with Gasteiger partial charge < -0.3 is 20.1 Å². The lowest BCUT2D eigenvalue weighted by Gasteiger charge is -2.12. The lowest BCUT2D eigenvalue weighted by atomic mass is 10.1. The van der Waals surface area contributed by atoms with Crippen molar-refractivity contribution < 1.29 is 23.9 Å². The van der Waals surface area contributed by atoms with Gasteiger partial charge in [-0.2, -0.15) is 0 Å². The minimum atomic E-state index is -0.415. The number of ether oxygens (including phenoxy) is 2. The monoisotopic (exact) mass is 625 g/mol. The average Bonchev–Trinajstić information content (AvgIpc) is 3.69. The van der Waals surface area contributed by atoms with E-state index in [1.807, 2.05) is 24.3 Å². The standard InChI is InChI=1S/C29H28ClN5O5S2/c1-2-39-28(38)26-21-12-7-13-22(21)42-27(26)32-25(37)17-41-29-34-33-23(35(29)19-9-6-8-18(30)14-19)15-31-24(36)16-40-20-10-4-3-5-11-20/h3-6,8-11,14H,2,7,12-13,15-17H2,1H3,(H,31,36)(H,32,37). The van der Waals surface area contributed by atoms with E-state index in [2.05, 4.69) is 20.8 Å². The molecule has 0 unspecified atom stereocenters. The summed E-state index contributed by atoms with van der Waals surface area (Å²) in [5.74, 6) is 0.0235. The number of nitrogens with zero attached hydrogens (tertiary/aromatic N) is 3. The van der Waals surface area contributed by atoms with Gasteiger partial charge in [0.25, 0.3) is 5.91 Å². The summed E-state index contributed by atoms with van der Waals surface area (Å²) in [7, 11) is 0. The molecule has 10 nitrogen and oxygen atoms in total. The number of anilines is 1. The Morgan fingerprint density at radius 1 is 1.07 bits per heavy atom. The number of benzene rings is 2. The van der Waals surface area contributed by atoms with Gasteiger partial charge >= 0.3 is 5.97 Å². The van der Waals surface area contributed by atoms with Gasteiger partial charge in [-0.1, -0.05) is 47.6 Å². The van der Waals surface area contributed by atoms with Crippen molar-refractivity contribution in [2.24, 2.45) is 0 Å². The summed E-state index contributed by atoms with van der Waals surface area (Å²) in [6.45, 7) is 1.94. The second-order valence-corrected chi connectivity index (χ2v) is 11.7. The van der Waals surface area contributed by atoms with Crippen molar-refractivity contribution in [3.8, 4) is 11.4 Å². The Balaban J connectivity index is 1.27. The fraction of sp³-hybridized carbons (Fsp3) is 0.276. The van der Waals surface area contributed by atoms with Gasteiger partial charge in [-0.25, -0.2) is 4.79 Å². The number of para-hydroxylation sites is 1. The molecular weight excluding hydrogens is 598 g/mol. The second kappa shape index (κ2) is 13.9. The maximum atomic E-state index is 13.0. The van der Waals surface area contributed by atoms with Crippen LogP contribution in [0.1, 0.15) is 40.0 Å². The number of halogens is 1. The molecular formula is C29H28ClN5O5S2. The third-order valence-corrected chi connectivity index (χ3v) is 8.68. The molecule has 2 amide bonds. The smallest absolute Gasteiger partial charge is 0.341 e. The van der Waals surface area contributed by atoms with Gasteiger partial charge in [0.15, 0.2) is 17.6 Å². The number of hydrogen-bond donors (Lipinski definition) is 2. The number of amides is 2. The van der Waals surface area contributed by atoms with E-state index in [0.29, 0.717) is 38.0 Å². The van der Waals surface area contributed by atoms with E-state index >= 15 is 0 Å². The highest BCUT2D eigenvalue weighted by atomic mass is 35.5. The number of rotatable bonds is 12. The summed E-state index contributed by atoms with van der Waals surface area (Å²) in [5.41, 5.74) is 2.12. The first-order chi connectivity index (χ1) is 20.4. The van der Waals surface area contributed by atoms with Gasteiger partial charge in [-0.15, -0.1) is 21.5 Å². The Hall–Kier alpha value is -3.87. The molecule has 218 valence electrons. The maximum absolute atomic E-state index is 13.0. The first-order valence-corrected chi connectivity index (χ1v) is 15.5. The van der Waals surface area contributed by atoms with Crippen molar-refractivity contribution >= 4 is 57.5 Å². The topological polar surface area (TPSA) is 124 Å². The number of fused-ring (bicyclic) bond motifs is 1. The zero-order valence-corrected chi connectivity index (χ0v) is 25.1. The number of nitrogens with one attached hydrogen (secondary N) is 2. The van der Waals surface area contributed by atoms with Crippen LogP contribution in [-0.2, 0) is 33.7 Å². The van der Waals surface area contributed by atoms with E-state index in [0.717, 1.165) is 29.7 Å². The molecule has 0 saturated carbocycles. The summed E-state index contributed by atoms with van der Waals surface area (Å²) >= 11 is 8.87. The maximum Gasteiger partial charge on any atom is 0.341 e. The van der Waals surface area contributed by atoms with Crippen molar-refractivity contribution in [3.05, 3.63) is 81.4 Å². The first-order valence-electron chi connectivity index (χ1n) is 13.3. The molecule has 0 saturated heterocycles. The fourth-order valence-electron chi connectivity index (χ4n) is 4.48. The Labute approximate surface area is 255 Å². The second-order valence-electron chi connectivity index (χ2n) is 9.21. The molecule has 0 fully saturated rings. The van der Waals surface area contributed by atoms with Crippen LogP contribution in [-0.4, -0.2) is 51.5 Å². The van der Waals surface area contributed by atoms with Gasteiger partial charge in [0, 0.05) is 9.90 Å². The van der Waals surface area contributed by atoms with Crippen LogP contribution in [0.15, 0.2) is 59.8 Å². The highest BCUT2D eigenvalue weighted by molar-refractivity contribution is 7.99. The molecule has 0 atom stereocenters. The SMILES string of the molecule is CCOC(=O)c1c(NC(=O)CSc2nnc(CNC(=O)COc3ccccc3)n2-c2cccc(Cl)c2)sc2c1CCC2. The summed E-state index contributed by atoms with van der Waals surface area (Å²) in [4.78, 5) is 39.3. The molecule has 2 aromatic heterocycles. The molecule has 42 heavy (non-hydrogen) atoms. The number of carbonyl (C=O) groups excluding carboxylic acids is 3. The zero-order valence-electron chi connectivity index (χ0n) is 22.7. The van der Waals surface area contributed by atoms with Crippen molar-refractivity contribution in [2.45, 2.75) is 37.9 Å². The number of thioether (sulfide) groups is 1. The predicted molar refractivity (Wildman–Crippen MR) is 162 cm³/mol. The molecule has 1 aliphatic rings. The Morgan fingerprint density at radius 2 is 1.90 bits per heavy atom. The van der Waals surface area contributed by atoms with Crippen molar-refractivity contribution in [1.29, 1.82) is 0 Å². The molecule has 2 N–H and O–H groups in total. The number of esters is 1. The van der Waals surface area contributed by atoms with Crippen LogP contribution < -0.4 is 15.4 Å². The van der Waals surface area contributed by atoms with Crippen LogP contribution in [0.2, 0.25) is 5.02 Å². The van der Waals surface area contributed by atoms with Crippen molar-refractivity contribution in [2.75, 3.05) is 24.3 Å². The largest absolute Gasteiger partial charge is 0.484 e. The molecule has 5 rings (SSSR count). The molecule has 2 aromatic carbocycles. The van der Waals surface area contributed by atoms with Crippen LogP contribution in [0.25, 0.3) is 5.69 Å². The van der Waals surface area contributed by atoms with Gasteiger partial charge in [-0.3, -0.25) is 14.2 Å². The molecule has 0 bridgehead atoms. The minimum Gasteiger partial charge on any atom is -0.484 e. The third kappa shape index (κ3) is 7.12.